The van der Waals surface area contributed by atoms with E-state index in [0.29, 0.717) is 0 Å². The van der Waals surface area contributed by atoms with Gasteiger partial charge in [0.1, 0.15) is 4.90 Å². The number of rotatable bonds is 4. The molecule has 1 aromatic carbocycles. The van der Waals surface area contributed by atoms with Gasteiger partial charge in [0.2, 0.25) is 10.0 Å². The Morgan fingerprint density at radius 1 is 1.50 bits per heavy atom. The van der Waals surface area contributed by atoms with Crippen LogP contribution in [0.2, 0.25) is 0 Å². The fourth-order valence-corrected chi connectivity index (χ4v) is 4.92. The number of nitrogens with zero attached hydrogens (tertiary/aromatic N) is 1. The van der Waals surface area contributed by atoms with Crippen LogP contribution >= 0.6 is 11.8 Å². The van der Waals surface area contributed by atoms with Gasteiger partial charge in [0, 0.05) is 18.8 Å². The molecule has 1 unspecified atom stereocenters. The molecule has 0 spiro atoms. The third kappa shape index (κ3) is 2.77. The average molecular weight is 316 g/mol. The van der Waals surface area contributed by atoms with Crippen molar-refractivity contribution in [2.45, 2.75) is 17.4 Å². The molecule has 2 rings (SSSR count). The highest BCUT2D eigenvalue weighted by Gasteiger charge is 2.31. The molecule has 110 valence electrons. The van der Waals surface area contributed by atoms with Crippen molar-refractivity contribution in [3.05, 3.63) is 23.8 Å². The minimum Gasteiger partial charge on any atom is -0.478 e. The zero-order chi connectivity index (χ0) is 14.9. The van der Waals surface area contributed by atoms with Gasteiger partial charge in [-0.1, -0.05) is 0 Å². The molecular weight excluding hydrogens is 300 g/mol. The number of sulfonamides is 1. The zero-order valence-corrected chi connectivity index (χ0v) is 12.6. The monoisotopic (exact) mass is 316 g/mol. The minimum absolute atomic E-state index is 0.0273. The highest BCUT2D eigenvalue weighted by atomic mass is 32.2. The van der Waals surface area contributed by atoms with Crippen LogP contribution < -0.4 is 5.73 Å². The van der Waals surface area contributed by atoms with E-state index in [4.69, 9.17) is 10.8 Å². The topological polar surface area (TPSA) is 101 Å². The number of aromatic carboxylic acids is 1. The summed E-state index contributed by atoms with van der Waals surface area (Å²) in [6.45, 7) is 0. The molecule has 3 N–H and O–H groups in total. The van der Waals surface area contributed by atoms with Crippen LogP contribution in [0.5, 0.6) is 0 Å². The van der Waals surface area contributed by atoms with Crippen LogP contribution in [0.3, 0.4) is 0 Å². The molecule has 0 radical (unpaired) electrons. The maximum absolute atomic E-state index is 12.5. The molecule has 20 heavy (non-hydrogen) atoms. The highest BCUT2D eigenvalue weighted by molar-refractivity contribution is 7.99. The molecule has 6 nitrogen and oxygen atoms in total. The minimum atomic E-state index is -3.69. The molecule has 1 aliphatic heterocycles. The summed E-state index contributed by atoms with van der Waals surface area (Å²) in [6, 6.07) is 3.64. The van der Waals surface area contributed by atoms with Crippen molar-refractivity contribution in [1.82, 2.24) is 4.31 Å². The zero-order valence-electron chi connectivity index (χ0n) is 10.9. The second-order valence-corrected chi connectivity index (χ2v) is 7.71. The number of hydrogen-bond donors (Lipinski definition) is 2. The Labute approximate surface area is 122 Å². The summed E-state index contributed by atoms with van der Waals surface area (Å²) in [4.78, 5) is 10.8. The molecule has 1 aromatic rings. The second kappa shape index (κ2) is 5.63. The predicted octanol–water partition coefficient (Wildman–Crippen LogP) is 1.09. The lowest BCUT2D eigenvalue weighted by molar-refractivity contribution is 0.0697. The molecule has 8 heteroatoms. The number of hydrogen-bond acceptors (Lipinski definition) is 5. The van der Waals surface area contributed by atoms with Gasteiger partial charge in [-0.25, -0.2) is 13.2 Å². The maximum Gasteiger partial charge on any atom is 0.335 e. The van der Waals surface area contributed by atoms with Crippen LogP contribution in [0, 0.1) is 0 Å². The Bertz CT molecular complexity index is 624. The Morgan fingerprint density at radius 3 is 2.70 bits per heavy atom. The molecule has 1 heterocycles. The number of nitrogens with two attached hydrogens (primary N) is 1. The van der Waals surface area contributed by atoms with Crippen LogP contribution in [-0.4, -0.2) is 48.4 Å². The summed E-state index contributed by atoms with van der Waals surface area (Å²) in [5, 5.41) is 8.87. The Kier molecular flexibility index (Phi) is 4.26. The van der Waals surface area contributed by atoms with E-state index < -0.39 is 16.0 Å². The molecule has 1 aliphatic rings. The van der Waals surface area contributed by atoms with E-state index in [2.05, 4.69) is 0 Å². The van der Waals surface area contributed by atoms with E-state index in [-0.39, 0.29) is 22.2 Å². The van der Waals surface area contributed by atoms with Crippen molar-refractivity contribution < 1.29 is 18.3 Å². The van der Waals surface area contributed by atoms with Crippen LogP contribution in [0.15, 0.2) is 23.1 Å². The third-order valence-corrected chi connectivity index (χ3v) is 6.46. The largest absolute Gasteiger partial charge is 0.478 e. The molecule has 1 saturated heterocycles. The molecule has 1 atom stereocenters. The molecular formula is C12H16N2O4S2. The van der Waals surface area contributed by atoms with Gasteiger partial charge in [-0.05, 0) is 30.4 Å². The van der Waals surface area contributed by atoms with Crippen molar-refractivity contribution in [2.24, 2.45) is 0 Å². The summed E-state index contributed by atoms with van der Waals surface area (Å²) in [6.07, 6.45) is 0.813. The van der Waals surface area contributed by atoms with Crippen molar-refractivity contribution >= 4 is 33.4 Å². The molecule has 1 fully saturated rings. The van der Waals surface area contributed by atoms with Crippen LogP contribution in [0.25, 0.3) is 0 Å². The first-order valence-corrected chi connectivity index (χ1v) is 8.62. The van der Waals surface area contributed by atoms with Crippen molar-refractivity contribution in [2.75, 3.05) is 24.3 Å². The molecule has 0 aromatic heterocycles. The van der Waals surface area contributed by atoms with Gasteiger partial charge in [-0.15, -0.1) is 0 Å². The van der Waals surface area contributed by atoms with E-state index in [0.717, 1.165) is 17.9 Å². The fourth-order valence-electron chi connectivity index (χ4n) is 2.08. The van der Waals surface area contributed by atoms with Crippen LogP contribution in [0.1, 0.15) is 16.8 Å². The number of benzene rings is 1. The smallest absolute Gasteiger partial charge is 0.335 e. The molecule has 0 amide bonds. The number of thioether (sulfide) groups is 1. The standard InChI is InChI=1S/C12H16N2O4S2/c1-14(9-4-5-19-7-9)20(17,18)11-3-2-8(12(15)16)6-10(11)13/h2-3,6,9H,4-5,7,13H2,1H3,(H,15,16). The van der Waals surface area contributed by atoms with Gasteiger partial charge in [0.15, 0.2) is 0 Å². The highest BCUT2D eigenvalue weighted by Crippen LogP contribution is 2.29. The lowest BCUT2D eigenvalue weighted by Gasteiger charge is -2.23. The average Bonchev–Trinajstić information content (AvgIpc) is 2.90. The Morgan fingerprint density at radius 2 is 2.20 bits per heavy atom. The van der Waals surface area contributed by atoms with E-state index in [1.54, 1.807) is 11.8 Å². The number of carboxylic acids is 1. The van der Waals surface area contributed by atoms with Crippen molar-refractivity contribution in [3.63, 3.8) is 0 Å². The summed E-state index contributed by atoms with van der Waals surface area (Å²) >= 11 is 1.72. The third-order valence-electron chi connectivity index (χ3n) is 3.33. The summed E-state index contributed by atoms with van der Waals surface area (Å²) < 4.78 is 26.4. The number of anilines is 1. The van der Waals surface area contributed by atoms with Crippen LogP contribution in [0.4, 0.5) is 5.69 Å². The molecule has 0 aliphatic carbocycles. The van der Waals surface area contributed by atoms with E-state index in [1.165, 1.54) is 29.6 Å². The maximum atomic E-state index is 12.5. The van der Waals surface area contributed by atoms with Gasteiger partial charge in [-0.2, -0.15) is 16.1 Å². The van der Waals surface area contributed by atoms with E-state index >= 15 is 0 Å². The summed E-state index contributed by atoms with van der Waals surface area (Å²) in [5.74, 6) is 0.571. The van der Waals surface area contributed by atoms with Crippen molar-refractivity contribution in [1.29, 1.82) is 0 Å². The quantitative estimate of drug-likeness (QED) is 0.807. The number of nitrogen functional groups attached to an aromatic ring is 1. The lowest BCUT2D eigenvalue weighted by atomic mass is 10.2. The first-order chi connectivity index (χ1) is 9.34. The van der Waals surface area contributed by atoms with Gasteiger partial charge in [-0.3, -0.25) is 0 Å². The fraction of sp³-hybridized carbons (Fsp3) is 0.417. The van der Waals surface area contributed by atoms with Gasteiger partial charge in [0.05, 0.1) is 11.3 Å². The SMILES string of the molecule is CN(C1CCSC1)S(=O)(=O)c1ccc(C(=O)O)cc1N. The Balaban J connectivity index is 2.36. The van der Waals surface area contributed by atoms with Gasteiger partial charge < -0.3 is 10.8 Å². The molecule has 0 bridgehead atoms. The summed E-state index contributed by atoms with van der Waals surface area (Å²) in [7, 11) is -2.16. The van der Waals surface area contributed by atoms with Crippen molar-refractivity contribution in [3.8, 4) is 0 Å². The van der Waals surface area contributed by atoms with E-state index in [9.17, 15) is 13.2 Å². The second-order valence-electron chi connectivity index (χ2n) is 4.60. The number of carboxylic acid groups (broad SMARTS) is 1. The number of carbonyl (C=O) groups is 1. The predicted molar refractivity (Wildman–Crippen MR) is 78.5 cm³/mol. The van der Waals surface area contributed by atoms with Gasteiger partial charge in [0.25, 0.3) is 0 Å². The summed E-state index contributed by atoms with van der Waals surface area (Å²) in [5.41, 5.74) is 5.64. The van der Waals surface area contributed by atoms with Gasteiger partial charge >= 0.3 is 5.97 Å². The molecule has 0 saturated carbocycles. The van der Waals surface area contributed by atoms with E-state index in [1.807, 2.05) is 0 Å². The normalized spacial score (nSPS) is 19.4. The van der Waals surface area contributed by atoms with Crippen LogP contribution in [-0.2, 0) is 10.0 Å². The first kappa shape index (κ1) is 15.1. The first-order valence-electron chi connectivity index (χ1n) is 6.02. The lowest BCUT2D eigenvalue weighted by Crippen LogP contribution is -2.37. The Hall–Kier alpha value is -1.25.